The molecule has 3 unspecified atom stereocenters. The third kappa shape index (κ3) is 6.75. The van der Waals surface area contributed by atoms with E-state index in [1.165, 1.54) is 123 Å². The fourth-order valence-electron chi connectivity index (χ4n) is 14.3. The van der Waals surface area contributed by atoms with Crippen molar-refractivity contribution in [3.05, 3.63) is 187 Å². The largest absolute Gasteiger partial charge is 0.0842 e. The molecule has 0 radical (unpaired) electrons. The Morgan fingerprint density at radius 2 is 1.12 bits per heavy atom. The number of hydrogen-bond donors (Lipinski definition) is 0. The van der Waals surface area contributed by atoms with E-state index < -0.39 is 0 Å². The molecule has 0 N–H and O–H groups in total. The fraction of sp³-hybridized carbons (Fsp3) is 0.389. The topological polar surface area (TPSA) is 0 Å². The molecule has 0 amide bonds. The summed E-state index contributed by atoms with van der Waals surface area (Å²) in [6.07, 6.45) is 23.5. The summed E-state index contributed by atoms with van der Waals surface area (Å²) in [5.41, 5.74) is 32.3. The Bertz CT molecular complexity index is 3630. The molecule has 364 valence electrons. The highest BCUT2D eigenvalue weighted by molar-refractivity contribution is 6.22. The molecule has 5 aromatic carbocycles. The molecule has 0 aliphatic heterocycles. The summed E-state index contributed by atoms with van der Waals surface area (Å²) in [5, 5.41) is 5.76. The molecule has 3 atom stereocenters. The molecule has 0 nitrogen and oxygen atoms in total. The van der Waals surface area contributed by atoms with Crippen LogP contribution in [-0.2, 0) is 21.7 Å². The maximum atomic E-state index is 2.74. The minimum atomic E-state index is -0.0369. The molecule has 0 saturated heterocycles. The molecule has 8 aliphatic rings. The van der Waals surface area contributed by atoms with Gasteiger partial charge in [-0.05, 0) is 227 Å². The van der Waals surface area contributed by atoms with Crippen LogP contribution < -0.4 is 10.4 Å². The average Bonchev–Trinajstić information content (AvgIpc) is 3.80. The van der Waals surface area contributed by atoms with Crippen LogP contribution in [0.25, 0.3) is 66.4 Å². The van der Waals surface area contributed by atoms with Gasteiger partial charge in [0.25, 0.3) is 0 Å². The Hall–Kier alpha value is -5.72. The molecule has 0 aromatic heterocycles. The minimum absolute atomic E-state index is 0.0299. The predicted octanol–water partition coefficient (Wildman–Crippen LogP) is 18.0. The van der Waals surface area contributed by atoms with Gasteiger partial charge >= 0.3 is 0 Å². The first-order valence-electron chi connectivity index (χ1n) is 27.7. The SMILES string of the molecule is CC(C)(C)C1=CC2C=CC3=C4C5=C(CC3)c3c(c(-c6cc(C(C)(C)C)cc(C(C)(C)C)c6)c6cc7c(cc6c3-c3cc(C(C)(C)C)cc(C(C)(C)C)c3)C3=c6c-7cccc6=C6C=CCCC6C3)C5=CC(=C1)C42. The molecule has 5 aromatic rings. The van der Waals surface area contributed by atoms with Gasteiger partial charge in [-0.25, -0.2) is 0 Å². The van der Waals surface area contributed by atoms with Crippen molar-refractivity contribution in [2.75, 3.05) is 0 Å². The standard InChI is InChI=1S/C72H76/c1-68(2,3)45-27-41-24-23-39-25-26-53-65-59(34-44(32-45)60(41)63(39)65)67-62(43-30-48(71(10,11)12)36-49(31-43)72(13,14)15)57-37-54-52-22-18-21-51-50-20-17-16-19-40(50)33-56(64(51)52)55(54)38-58(57)61(66(53)67)42-28-46(69(4,5)6)35-47(29-42)70(7,8)9/h17-18,20-24,27-32,34-38,40-41,60H,16,19,25-26,33H2,1-15H3. The number of hydrogen-bond acceptors (Lipinski definition) is 0. The fourth-order valence-corrected chi connectivity index (χ4v) is 14.3. The summed E-state index contributed by atoms with van der Waals surface area (Å²) < 4.78 is 0. The summed E-state index contributed by atoms with van der Waals surface area (Å²) in [4.78, 5) is 0. The van der Waals surface area contributed by atoms with Crippen molar-refractivity contribution in [3.8, 4) is 33.4 Å². The normalized spacial score (nSPS) is 21.7. The summed E-state index contributed by atoms with van der Waals surface area (Å²) in [5.74, 6) is 1.27. The van der Waals surface area contributed by atoms with Gasteiger partial charge in [-0.1, -0.05) is 195 Å². The van der Waals surface area contributed by atoms with E-state index in [0.717, 1.165) is 19.3 Å². The lowest BCUT2D eigenvalue weighted by atomic mass is 9.61. The Labute approximate surface area is 431 Å². The zero-order valence-electron chi connectivity index (χ0n) is 46.2. The van der Waals surface area contributed by atoms with Crippen LogP contribution in [-0.4, -0.2) is 0 Å². The van der Waals surface area contributed by atoms with Crippen molar-refractivity contribution in [2.45, 2.75) is 158 Å². The van der Waals surface area contributed by atoms with Gasteiger partial charge < -0.3 is 0 Å². The molecule has 0 heterocycles. The summed E-state index contributed by atoms with van der Waals surface area (Å²) in [6.45, 7) is 36.1. The lowest BCUT2D eigenvalue weighted by Crippen LogP contribution is -2.35. The Kier molecular flexibility index (Phi) is 9.58. The van der Waals surface area contributed by atoms with Gasteiger partial charge in [-0.2, -0.15) is 0 Å². The van der Waals surface area contributed by atoms with Crippen LogP contribution in [0.2, 0.25) is 0 Å². The average molecular weight is 941 g/mol. The third-order valence-electron chi connectivity index (χ3n) is 18.4. The van der Waals surface area contributed by atoms with Crippen LogP contribution in [0.1, 0.15) is 175 Å². The van der Waals surface area contributed by atoms with E-state index in [0.29, 0.717) is 17.8 Å². The van der Waals surface area contributed by atoms with Gasteiger partial charge in [-0.15, -0.1) is 0 Å². The first-order chi connectivity index (χ1) is 33.8. The molecular formula is C72H76. The van der Waals surface area contributed by atoms with E-state index >= 15 is 0 Å². The summed E-state index contributed by atoms with van der Waals surface area (Å²) in [7, 11) is 0. The van der Waals surface area contributed by atoms with Gasteiger partial charge in [0.15, 0.2) is 0 Å². The second-order valence-electron chi connectivity index (χ2n) is 28.4. The molecule has 0 bridgehead atoms. The Morgan fingerprint density at radius 3 is 1.72 bits per heavy atom. The van der Waals surface area contributed by atoms with Crippen molar-refractivity contribution in [1.82, 2.24) is 0 Å². The van der Waals surface area contributed by atoms with Crippen LogP contribution in [0, 0.1) is 23.2 Å². The summed E-state index contributed by atoms with van der Waals surface area (Å²) in [6, 6.07) is 28.2. The van der Waals surface area contributed by atoms with Crippen molar-refractivity contribution in [3.63, 3.8) is 0 Å². The van der Waals surface area contributed by atoms with Crippen molar-refractivity contribution in [1.29, 1.82) is 0 Å². The quantitative estimate of drug-likeness (QED) is 0.165. The van der Waals surface area contributed by atoms with Crippen LogP contribution in [0.4, 0.5) is 0 Å². The highest BCUT2D eigenvalue weighted by atomic mass is 14.5. The second-order valence-corrected chi connectivity index (χ2v) is 28.4. The van der Waals surface area contributed by atoms with E-state index in [1.807, 2.05) is 0 Å². The second kappa shape index (κ2) is 15.0. The highest BCUT2D eigenvalue weighted by Gasteiger charge is 2.47. The molecule has 72 heavy (non-hydrogen) atoms. The Morgan fingerprint density at radius 1 is 0.528 bits per heavy atom. The van der Waals surface area contributed by atoms with Gasteiger partial charge in [0.1, 0.15) is 0 Å². The number of benzene rings is 5. The maximum Gasteiger partial charge on any atom is 0.0196 e. The van der Waals surface area contributed by atoms with Gasteiger partial charge in [0.05, 0.1) is 0 Å². The monoisotopic (exact) mass is 941 g/mol. The number of fused-ring (bicyclic) bond motifs is 8. The first-order valence-corrected chi connectivity index (χ1v) is 27.7. The molecule has 0 spiro atoms. The lowest BCUT2D eigenvalue weighted by molar-refractivity contribution is 0.490. The smallest absolute Gasteiger partial charge is 0.0196 e. The maximum absolute atomic E-state index is 2.74. The number of rotatable bonds is 2. The Balaban J connectivity index is 1.25. The molecule has 0 heteroatoms. The molecular weight excluding hydrogens is 865 g/mol. The van der Waals surface area contributed by atoms with E-state index in [-0.39, 0.29) is 27.1 Å². The lowest BCUT2D eigenvalue weighted by Gasteiger charge is -2.42. The van der Waals surface area contributed by atoms with E-state index in [2.05, 4.69) is 213 Å². The van der Waals surface area contributed by atoms with Crippen LogP contribution in [0.3, 0.4) is 0 Å². The van der Waals surface area contributed by atoms with Crippen LogP contribution in [0.15, 0.2) is 137 Å². The molecule has 0 fully saturated rings. The van der Waals surface area contributed by atoms with Gasteiger partial charge in [0.2, 0.25) is 0 Å². The zero-order chi connectivity index (χ0) is 50.5. The predicted molar refractivity (Wildman–Crippen MR) is 310 cm³/mol. The van der Waals surface area contributed by atoms with Crippen molar-refractivity contribution < 1.29 is 0 Å². The van der Waals surface area contributed by atoms with E-state index in [1.54, 1.807) is 33.4 Å². The van der Waals surface area contributed by atoms with Crippen LogP contribution in [0.5, 0.6) is 0 Å². The minimum Gasteiger partial charge on any atom is -0.0842 e. The number of allylic oxidation sites excluding steroid dienone is 14. The zero-order valence-corrected chi connectivity index (χ0v) is 46.2. The summed E-state index contributed by atoms with van der Waals surface area (Å²) >= 11 is 0. The first kappa shape index (κ1) is 46.1. The van der Waals surface area contributed by atoms with Crippen LogP contribution >= 0.6 is 0 Å². The highest BCUT2D eigenvalue weighted by Crippen LogP contribution is 2.65. The third-order valence-corrected chi connectivity index (χ3v) is 18.4. The van der Waals surface area contributed by atoms with Crippen molar-refractivity contribution in [2.24, 2.45) is 23.2 Å². The van der Waals surface area contributed by atoms with Gasteiger partial charge in [-0.3, -0.25) is 0 Å². The molecule has 13 rings (SSSR count). The van der Waals surface area contributed by atoms with E-state index in [4.69, 9.17) is 0 Å². The van der Waals surface area contributed by atoms with Gasteiger partial charge in [0, 0.05) is 11.8 Å². The van der Waals surface area contributed by atoms with E-state index in [9.17, 15) is 0 Å². The molecule has 0 saturated carbocycles. The molecule has 8 aliphatic carbocycles. The van der Waals surface area contributed by atoms with Crippen molar-refractivity contribution >= 4 is 33.1 Å².